The summed E-state index contributed by atoms with van der Waals surface area (Å²) in [5, 5.41) is 9.83. The maximum absolute atomic E-state index is 14.2. The zero-order valence-electron chi connectivity index (χ0n) is 23.1. The predicted molar refractivity (Wildman–Crippen MR) is 155 cm³/mol. The Morgan fingerprint density at radius 2 is 2.02 bits per heavy atom. The van der Waals surface area contributed by atoms with Crippen LogP contribution in [0.3, 0.4) is 0 Å². The number of carbonyl (C=O) groups is 1. The number of benzene rings is 1. The number of rotatable bonds is 11. The van der Waals surface area contributed by atoms with Gasteiger partial charge in [-0.1, -0.05) is 30.3 Å². The first kappa shape index (κ1) is 29.0. The van der Waals surface area contributed by atoms with E-state index >= 15 is 0 Å². The molecule has 8 nitrogen and oxygen atoms in total. The van der Waals surface area contributed by atoms with Crippen molar-refractivity contribution in [3.63, 3.8) is 0 Å². The molecule has 0 bridgehead atoms. The van der Waals surface area contributed by atoms with E-state index in [0.717, 1.165) is 56.7 Å². The Morgan fingerprint density at radius 1 is 1.24 bits per heavy atom. The second-order valence-corrected chi connectivity index (χ2v) is 11.1. The molecule has 2 aromatic heterocycles. The molecule has 1 atom stereocenters. The molecule has 1 N–H and O–H groups in total. The molecular formula is C31H34ClFN4O4. The average molecular weight is 581 g/mol. The highest BCUT2D eigenvalue weighted by Crippen LogP contribution is 2.32. The van der Waals surface area contributed by atoms with E-state index in [1.54, 1.807) is 12.1 Å². The Labute approximate surface area is 243 Å². The second-order valence-electron chi connectivity index (χ2n) is 10.7. The standard InChI is InChI=1S/C31H34ClFN4O4/c1-3-27(31(38)39)36-30-19(2)34-28(37(30)18-25-13-14-40-25)15-20-7-11-24(12-8-20)41-29-6-4-5-23(35-29)16-21-9-10-22(32)17-26(21)33/h3-6,9-10,17,20,24-25H,1,7-8,11-16,18H2,2H3,(H,38,39)/b36-27+/t20?,24?,25-/m0/s1. The Bertz CT molecular complexity index is 1440. The van der Waals surface area contributed by atoms with Crippen LogP contribution in [0.5, 0.6) is 5.88 Å². The number of hydrogen-bond donors (Lipinski definition) is 1. The lowest BCUT2D eigenvalue weighted by Crippen LogP contribution is -2.32. The average Bonchev–Trinajstić information content (AvgIpc) is 3.20. The summed E-state index contributed by atoms with van der Waals surface area (Å²) in [6.07, 6.45) is 7.19. The summed E-state index contributed by atoms with van der Waals surface area (Å²) in [7, 11) is 0. The number of nitrogens with zero attached hydrogens (tertiary/aromatic N) is 4. The third kappa shape index (κ3) is 7.21. The van der Waals surface area contributed by atoms with Gasteiger partial charge in [0.2, 0.25) is 5.88 Å². The molecule has 1 saturated carbocycles. The van der Waals surface area contributed by atoms with E-state index in [2.05, 4.69) is 16.6 Å². The smallest absolute Gasteiger partial charge is 0.354 e. The largest absolute Gasteiger partial charge is 0.477 e. The van der Waals surface area contributed by atoms with Crippen molar-refractivity contribution in [1.29, 1.82) is 0 Å². The highest BCUT2D eigenvalue weighted by molar-refractivity contribution is 6.40. The van der Waals surface area contributed by atoms with Gasteiger partial charge in [0.15, 0.2) is 5.82 Å². The molecule has 0 unspecified atom stereocenters. The molecule has 10 heteroatoms. The summed E-state index contributed by atoms with van der Waals surface area (Å²) in [6.45, 7) is 6.78. The molecule has 1 aliphatic carbocycles. The van der Waals surface area contributed by atoms with Crippen LogP contribution in [0.4, 0.5) is 10.2 Å². The van der Waals surface area contributed by atoms with Crippen molar-refractivity contribution in [2.24, 2.45) is 10.9 Å². The fraction of sp³-hybridized carbons (Fsp3) is 0.419. The van der Waals surface area contributed by atoms with E-state index in [1.807, 2.05) is 29.7 Å². The molecular weight excluding hydrogens is 547 g/mol. The van der Waals surface area contributed by atoms with Crippen LogP contribution in [0.1, 0.15) is 54.9 Å². The highest BCUT2D eigenvalue weighted by Gasteiger charge is 2.28. The van der Waals surface area contributed by atoms with Crippen molar-refractivity contribution in [2.45, 2.75) is 70.6 Å². The molecule has 0 radical (unpaired) electrons. The van der Waals surface area contributed by atoms with Crippen molar-refractivity contribution < 1.29 is 23.8 Å². The van der Waals surface area contributed by atoms with Crippen LogP contribution < -0.4 is 4.74 Å². The monoisotopic (exact) mass is 580 g/mol. The van der Waals surface area contributed by atoms with E-state index in [1.165, 1.54) is 12.1 Å². The SMILES string of the molecule is C=C/C(=N\c1c(C)nc(CC2CCC(Oc3cccc(Cc4ccc(Cl)cc4F)n3)CC2)n1C[C@@H]1CCO1)C(=O)O. The minimum Gasteiger partial charge on any atom is -0.477 e. The number of pyridine rings is 1. The molecule has 1 aliphatic heterocycles. The third-order valence-electron chi connectivity index (χ3n) is 7.73. The Morgan fingerprint density at radius 3 is 2.68 bits per heavy atom. The van der Waals surface area contributed by atoms with E-state index in [0.29, 0.717) is 46.9 Å². The lowest BCUT2D eigenvalue weighted by molar-refractivity contribution is -0.129. The number of aromatic nitrogens is 3. The third-order valence-corrected chi connectivity index (χ3v) is 7.96. The Balaban J connectivity index is 1.22. The van der Waals surface area contributed by atoms with Crippen molar-refractivity contribution in [3.05, 3.63) is 82.7 Å². The minimum atomic E-state index is -1.12. The number of halogens is 2. The number of hydrogen-bond acceptors (Lipinski definition) is 6. The second kappa shape index (κ2) is 13.0. The molecule has 216 valence electrons. The normalized spacial score (nSPS) is 20.9. The Kier molecular flexibility index (Phi) is 9.15. The van der Waals surface area contributed by atoms with E-state index < -0.39 is 5.97 Å². The van der Waals surface area contributed by atoms with Gasteiger partial charge in [-0.2, -0.15) is 0 Å². The summed E-state index contributed by atoms with van der Waals surface area (Å²) in [5.41, 5.74) is 1.86. The van der Waals surface area contributed by atoms with Gasteiger partial charge in [0.05, 0.1) is 18.3 Å². The van der Waals surface area contributed by atoms with Gasteiger partial charge in [-0.25, -0.2) is 24.1 Å². The maximum atomic E-state index is 14.2. The molecule has 2 aliphatic rings. The lowest BCUT2D eigenvalue weighted by atomic mass is 9.85. The predicted octanol–water partition coefficient (Wildman–Crippen LogP) is 6.28. The summed E-state index contributed by atoms with van der Waals surface area (Å²) < 4.78 is 28.2. The van der Waals surface area contributed by atoms with Crippen LogP contribution in [-0.2, 0) is 28.9 Å². The quantitative estimate of drug-likeness (QED) is 0.268. The van der Waals surface area contributed by atoms with Gasteiger partial charge in [-0.05, 0) is 74.8 Å². The molecule has 0 amide bonds. The summed E-state index contributed by atoms with van der Waals surface area (Å²) >= 11 is 5.87. The zero-order valence-corrected chi connectivity index (χ0v) is 23.8. The molecule has 3 aromatic rings. The van der Waals surface area contributed by atoms with Crippen molar-refractivity contribution in [1.82, 2.24) is 14.5 Å². The van der Waals surface area contributed by atoms with Gasteiger partial charge in [0.25, 0.3) is 0 Å². The molecule has 3 heterocycles. The van der Waals surface area contributed by atoms with Gasteiger partial charge in [-0.15, -0.1) is 0 Å². The van der Waals surface area contributed by atoms with E-state index in [-0.39, 0.29) is 23.7 Å². The number of ether oxygens (including phenoxy) is 2. The number of aliphatic imine (C=N–C) groups is 1. The molecule has 5 rings (SSSR count). The number of imidazole rings is 1. The van der Waals surface area contributed by atoms with Crippen LogP contribution in [0.2, 0.25) is 5.02 Å². The van der Waals surface area contributed by atoms with E-state index in [4.69, 9.17) is 26.1 Å². The molecule has 1 saturated heterocycles. The first-order valence-electron chi connectivity index (χ1n) is 14.0. The highest BCUT2D eigenvalue weighted by atomic mass is 35.5. The fourth-order valence-electron chi connectivity index (χ4n) is 5.40. The van der Waals surface area contributed by atoms with E-state index in [9.17, 15) is 14.3 Å². The van der Waals surface area contributed by atoms with Crippen molar-refractivity contribution >= 4 is 29.1 Å². The lowest BCUT2D eigenvalue weighted by Gasteiger charge is -2.30. The van der Waals surface area contributed by atoms with Crippen molar-refractivity contribution in [3.8, 4) is 5.88 Å². The molecule has 2 fully saturated rings. The molecule has 41 heavy (non-hydrogen) atoms. The van der Waals surface area contributed by atoms with Crippen LogP contribution in [-0.4, -0.2) is 50.1 Å². The van der Waals surface area contributed by atoms with Crippen LogP contribution in [0, 0.1) is 18.7 Å². The Hall–Kier alpha value is -3.56. The number of carboxylic acids is 1. The minimum absolute atomic E-state index is 0.0528. The number of carboxylic acid groups (broad SMARTS) is 1. The topological polar surface area (TPSA) is 98.8 Å². The van der Waals surface area contributed by atoms with Crippen LogP contribution >= 0.6 is 11.6 Å². The summed E-state index contributed by atoms with van der Waals surface area (Å²) in [4.78, 5) is 25.4. The van der Waals surface area contributed by atoms with Crippen LogP contribution in [0.15, 0.2) is 54.0 Å². The number of aryl methyl sites for hydroxylation is 1. The van der Waals surface area contributed by atoms with Gasteiger partial charge >= 0.3 is 5.97 Å². The summed E-state index contributed by atoms with van der Waals surface area (Å²) in [6, 6.07) is 10.3. The fourth-order valence-corrected chi connectivity index (χ4v) is 5.56. The first-order chi connectivity index (χ1) is 19.8. The van der Waals surface area contributed by atoms with Crippen molar-refractivity contribution in [2.75, 3.05) is 6.61 Å². The number of aliphatic carboxylic acids is 1. The first-order valence-corrected chi connectivity index (χ1v) is 14.4. The summed E-state index contributed by atoms with van der Waals surface area (Å²) in [5.74, 6) is 0.949. The molecule has 1 aromatic carbocycles. The van der Waals surface area contributed by atoms with Crippen LogP contribution in [0.25, 0.3) is 0 Å². The zero-order chi connectivity index (χ0) is 28.9. The van der Waals surface area contributed by atoms with Gasteiger partial charge in [-0.3, -0.25) is 0 Å². The van der Waals surface area contributed by atoms with Gasteiger partial charge in [0.1, 0.15) is 23.5 Å². The van der Waals surface area contributed by atoms with Gasteiger partial charge < -0.3 is 19.1 Å². The maximum Gasteiger partial charge on any atom is 0.354 e. The van der Waals surface area contributed by atoms with Gasteiger partial charge in [0, 0.05) is 36.2 Å². The molecule has 0 spiro atoms.